The number of hydrogen-bond acceptors (Lipinski definition) is 1. The summed E-state index contributed by atoms with van der Waals surface area (Å²) in [6.45, 7) is 0. The molecule has 1 N–H and O–H groups in total. The van der Waals surface area contributed by atoms with Crippen LogP contribution in [0.2, 0.25) is 0 Å². The molecule has 0 aromatic heterocycles. The summed E-state index contributed by atoms with van der Waals surface area (Å²) < 4.78 is 37.2. The molecule has 0 bridgehead atoms. The molecule has 0 saturated carbocycles. The number of likely N-dealkylation sites (N-methyl/N-ethyl adjacent to an activating group) is 1. The normalized spacial score (nSPS) is 13.6. The average molecular weight is 324 g/mol. The number of rotatable bonds is 6. The van der Waals surface area contributed by atoms with Crippen molar-refractivity contribution in [3.05, 3.63) is 34.3 Å². The Balaban J connectivity index is 2.45. The number of benzene rings is 1. The van der Waals surface area contributed by atoms with Crippen LogP contribution in [-0.2, 0) is 6.42 Å². The molecule has 0 saturated heterocycles. The van der Waals surface area contributed by atoms with Gasteiger partial charge in [-0.1, -0.05) is 34.1 Å². The summed E-state index contributed by atoms with van der Waals surface area (Å²) in [5, 5.41) is 3.08. The minimum atomic E-state index is -4.05. The molecule has 0 aliphatic heterocycles. The van der Waals surface area contributed by atoms with Gasteiger partial charge in [-0.3, -0.25) is 0 Å². The highest BCUT2D eigenvalue weighted by atomic mass is 79.9. The van der Waals surface area contributed by atoms with Crippen LogP contribution in [-0.4, -0.2) is 19.3 Å². The second-order valence-electron chi connectivity index (χ2n) is 4.29. The van der Waals surface area contributed by atoms with E-state index in [2.05, 4.69) is 21.2 Å². The SMILES string of the molecule is CNC(CCCC(F)(F)F)Cc1ccccc1Br. The van der Waals surface area contributed by atoms with Gasteiger partial charge in [0.1, 0.15) is 0 Å². The molecule has 1 nitrogen and oxygen atoms in total. The lowest BCUT2D eigenvalue weighted by Crippen LogP contribution is -2.28. The van der Waals surface area contributed by atoms with Crippen molar-refractivity contribution in [2.24, 2.45) is 0 Å². The fourth-order valence-electron chi connectivity index (χ4n) is 1.83. The standard InChI is InChI=1S/C13H17BrF3N/c1-18-11(6-4-8-13(15,16)17)9-10-5-2-3-7-12(10)14/h2-3,5,7,11,18H,4,6,8-9H2,1H3. The first kappa shape index (κ1) is 15.5. The molecule has 1 unspecified atom stereocenters. The third-order valence-electron chi connectivity index (χ3n) is 2.85. The van der Waals surface area contributed by atoms with Crippen molar-refractivity contribution in [3.63, 3.8) is 0 Å². The van der Waals surface area contributed by atoms with Crippen molar-refractivity contribution < 1.29 is 13.2 Å². The molecule has 1 aromatic rings. The van der Waals surface area contributed by atoms with Gasteiger partial charge in [-0.05, 0) is 37.9 Å². The van der Waals surface area contributed by atoms with E-state index in [0.717, 1.165) is 16.5 Å². The zero-order valence-electron chi connectivity index (χ0n) is 10.2. The summed E-state index contributed by atoms with van der Waals surface area (Å²) in [6, 6.07) is 7.86. The molecule has 0 aliphatic carbocycles. The van der Waals surface area contributed by atoms with Crippen molar-refractivity contribution >= 4 is 15.9 Å². The Bertz CT molecular complexity index is 365. The highest BCUT2D eigenvalue weighted by Crippen LogP contribution is 2.24. The predicted octanol–water partition coefficient (Wildman–Crippen LogP) is 4.31. The van der Waals surface area contributed by atoms with Crippen molar-refractivity contribution in [1.29, 1.82) is 0 Å². The van der Waals surface area contributed by atoms with Crippen molar-refractivity contribution in [2.45, 2.75) is 37.9 Å². The second-order valence-corrected chi connectivity index (χ2v) is 5.14. The summed E-state index contributed by atoms with van der Waals surface area (Å²) in [4.78, 5) is 0. The van der Waals surface area contributed by atoms with Crippen LogP contribution in [0, 0.1) is 0 Å². The van der Waals surface area contributed by atoms with Gasteiger partial charge >= 0.3 is 6.18 Å². The Morgan fingerprint density at radius 2 is 1.94 bits per heavy atom. The van der Waals surface area contributed by atoms with Crippen LogP contribution in [0.25, 0.3) is 0 Å². The lowest BCUT2D eigenvalue weighted by atomic mass is 10.0. The van der Waals surface area contributed by atoms with Crippen LogP contribution in [0.1, 0.15) is 24.8 Å². The highest BCUT2D eigenvalue weighted by molar-refractivity contribution is 9.10. The Labute approximate surface area is 114 Å². The predicted molar refractivity (Wildman–Crippen MR) is 70.6 cm³/mol. The zero-order valence-corrected chi connectivity index (χ0v) is 11.8. The van der Waals surface area contributed by atoms with E-state index in [9.17, 15) is 13.2 Å². The van der Waals surface area contributed by atoms with Crippen LogP contribution in [0.4, 0.5) is 13.2 Å². The molecule has 0 heterocycles. The third-order valence-corrected chi connectivity index (χ3v) is 3.62. The molecule has 0 fully saturated rings. The first-order valence-corrected chi connectivity index (χ1v) is 6.69. The largest absolute Gasteiger partial charge is 0.389 e. The minimum absolute atomic E-state index is 0.0750. The van der Waals surface area contributed by atoms with Gasteiger partial charge in [0, 0.05) is 16.9 Å². The van der Waals surface area contributed by atoms with E-state index in [1.807, 2.05) is 24.3 Å². The molecule has 0 amide bonds. The lowest BCUT2D eigenvalue weighted by molar-refractivity contribution is -0.135. The maximum atomic E-state index is 12.1. The van der Waals surface area contributed by atoms with E-state index in [-0.39, 0.29) is 12.5 Å². The first-order valence-electron chi connectivity index (χ1n) is 5.90. The lowest BCUT2D eigenvalue weighted by Gasteiger charge is -2.17. The van der Waals surface area contributed by atoms with Crippen molar-refractivity contribution in [1.82, 2.24) is 5.32 Å². The van der Waals surface area contributed by atoms with E-state index in [1.54, 1.807) is 7.05 Å². The molecular formula is C13H17BrF3N. The van der Waals surface area contributed by atoms with Crippen LogP contribution < -0.4 is 5.32 Å². The molecule has 102 valence electrons. The topological polar surface area (TPSA) is 12.0 Å². The van der Waals surface area contributed by atoms with Crippen LogP contribution in [0.5, 0.6) is 0 Å². The van der Waals surface area contributed by atoms with Crippen LogP contribution in [0.3, 0.4) is 0 Å². The molecule has 1 atom stereocenters. The number of nitrogens with one attached hydrogen (secondary N) is 1. The zero-order chi connectivity index (χ0) is 13.6. The van der Waals surface area contributed by atoms with Crippen LogP contribution in [0.15, 0.2) is 28.7 Å². The first-order chi connectivity index (χ1) is 8.42. The quantitative estimate of drug-likeness (QED) is 0.822. The van der Waals surface area contributed by atoms with Gasteiger partial charge in [0.15, 0.2) is 0 Å². The van der Waals surface area contributed by atoms with Gasteiger partial charge in [-0.15, -0.1) is 0 Å². The third kappa shape index (κ3) is 5.87. The van der Waals surface area contributed by atoms with Gasteiger partial charge in [-0.25, -0.2) is 0 Å². The van der Waals surface area contributed by atoms with E-state index in [1.165, 1.54) is 0 Å². The molecule has 1 rings (SSSR count). The van der Waals surface area contributed by atoms with Gasteiger partial charge in [0.2, 0.25) is 0 Å². The van der Waals surface area contributed by atoms with Gasteiger partial charge in [0.25, 0.3) is 0 Å². The van der Waals surface area contributed by atoms with Crippen molar-refractivity contribution in [3.8, 4) is 0 Å². The highest BCUT2D eigenvalue weighted by Gasteiger charge is 2.26. The van der Waals surface area contributed by atoms with Crippen molar-refractivity contribution in [2.75, 3.05) is 7.05 Å². The number of alkyl halides is 3. The Kier molecular flexibility index (Phi) is 6.15. The number of hydrogen-bond donors (Lipinski definition) is 1. The molecule has 0 aliphatic rings. The maximum absolute atomic E-state index is 12.1. The monoisotopic (exact) mass is 323 g/mol. The van der Waals surface area contributed by atoms with Crippen LogP contribution >= 0.6 is 15.9 Å². The molecule has 18 heavy (non-hydrogen) atoms. The fraction of sp³-hybridized carbons (Fsp3) is 0.538. The summed E-state index contributed by atoms with van der Waals surface area (Å²) in [6.07, 6.45) is -3.33. The van der Waals surface area contributed by atoms with E-state index >= 15 is 0 Å². The fourth-order valence-corrected chi connectivity index (χ4v) is 2.27. The minimum Gasteiger partial charge on any atom is -0.317 e. The van der Waals surface area contributed by atoms with E-state index in [4.69, 9.17) is 0 Å². The smallest absolute Gasteiger partial charge is 0.317 e. The summed E-state index contributed by atoms with van der Waals surface area (Å²) in [5.41, 5.74) is 1.11. The molecular weight excluding hydrogens is 307 g/mol. The summed E-state index contributed by atoms with van der Waals surface area (Å²) in [5.74, 6) is 0. The maximum Gasteiger partial charge on any atom is 0.389 e. The van der Waals surface area contributed by atoms with Gasteiger partial charge in [-0.2, -0.15) is 13.2 Å². The molecule has 5 heteroatoms. The average Bonchev–Trinajstić information content (AvgIpc) is 2.29. The Hall–Kier alpha value is -0.550. The summed E-state index contributed by atoms with van der Waals surface area (Å²) >= 11 is 3.45. The molecule has 0 radical (unpaired) electrons. The Morgan fingerprint density at radius 1 is 1.28 bits per heavy atom. The van der Waals surface area contributed by atoms with Gasteiger partial charge in [0.05, 0.1) is 0 Å². The van der Waals surface area contributed by atoms with E-state index < -0.39 is 12.6 Å². The number of halogens is 4. The molecule has 0 spiro atoms. The van der Waals surface area contributed by atoms with Gasteiger partial charge < -0.3 is 5.32 Å². The molecule has 1 aromatic carbocycles. The summed E-state index contributed by atoms with van der Waals surface area (Å²) in [7, 11) is 1.79. The van der Waals surface area contributed by atoms with E-state index in [0.29, 0.717) is 6.42 Å². The second kappa shape index (κ2) is 7.14. The Morgan fingerprint density at radius 3 is 2.50 bits per heavy atom.